The summed E-state index contributed by atoms with van der Waals surface area (Å²) in [5, 5.41) is 2.76. The van der Waals surface area contributed by atoms with Crippen molar-refractivity contribution in [2.45, 2.75) is 26.3 Å². The van der Waals surface area contributed by atoms with E-state index in [9.17, 15) is 8.78 Å². The zero-order valence-electron chi connectivity index (χ0n) is 9.63. The van der Waals surface area contributed by atoms with Gasteiger partial charge < -0.3 is 11.1 Å². The Balaban J connectivity index is 2.74. The normalized spacial score (nSPS) is 13.1. The van der Waals surface area contributed by atoms with E-state index in [4.69, 9.17) is 5.73 Å². The van der Waals surface area contributed by atoms with Crippen molar-refractivity contribution in [1.29, 1.82) is 0 Å². The standard InChI is InChI=1S/C12H18F2N2/c1-8-3-4-10(5-9(8)2)11(6-15)16-7-12(13)14/h3-5,11-12,16H,6-7,15H2,1-2H3. The number of benzene rings is 1. The van der Waals surface area contributed by atoms with Crippen molar-refractivity contribution in [3.05, 3.63) is 34.9 Å². The molecular weight excluding hydrogens is 210 g/mol. The Morgan fingerprint density at radius 3 is 2.44 bits per heavy atom. The molecule has 0 fully saturated rings. The number of halogens is 2. The SMILES string of the molecule is Cc1ccc(C(CN)NCC(F)F)cc1C. The van der Waals surface area contributed by atoms with E-state index in [0.29, 0.717) is 6.54 Å². The summed E-state index contributed by atoms with van der Waals surface area (Å²) in [6, 6.07) is 5.70. The van der Waals surface area contributed by atoms with Gasteiger partial charge in [-0.1, -0.05) is 18.2 Å². The molecule has 2 nitrogen and oxygen atoms in total. The second-order valence-corrected chi connectivity index (χ2v) is 3.93. The Labute approximate surface area is 94.8 Å². The molecule has 0 saturated carbocycles. The molecule has 0 radical (unpaired) electrons. The van der Waals surface area contributed by atoms with Crippen molar-refractivity contribution in [2.24, 2.45) is 5.73 Å². The van der Waals surface area contributed by atoms with E-state index in [1.54, 1.807) is 0 Å². The average Bonchev–Trinajstić information content (AvgIpc) is 2.23. The number of hydrogen-bond donors (Lipinski definition) is 2. The molecule has 0 aliphatic rings. The summed E-state index contributed by atoms with van der Waals surface area (Å²) in [5.41, 5.74) is 8.87. The summed E-state index contributed by atoms with van der Waals surface area (Å²) < 4.78 is 24.2. The predicted molar refractivity (Wildman–Crippen MR) is 61.7 cm³/mol. The lowest BCUT2D eigenvalue weighted by Gasteiger charge is -2.18. The van der Waals surface area contributed by atoms with Gasteiger partial charge in [-0.25, -0.2) is 8.78 Å². The van der Waals surface area contributed by atoms with Crippen LogP contribution in [0.4, 0.5) is 8.78 Å². The number of aryl methyl sites for hydroxylation is 2. The van der Waals surface area contributed by atoms with E-state index < -0.39 is 6.43 Å². The molecule has 0 saturated heterocycles. The number of hydrogen-bond acceptors (Lipinski definition) is 2. The van der Waals surface area contributed by atoms with Crippen LogP contribution in [0, 0.1) is 13.8 Å². The molecule has 0 amide bonds. The fourth-order valence-corrected chi connectivity index (χ4v) is 1.55. The van der Waals surface area contributed by atoms with E-state index in [1.807, 2.05) is 32.0 Å². The van der Waals surface area contributed by atoms with Gasteiger partial charge in [-0.2, -0.15) is 0 Å². The number of rotatable bonds is 5. The monoisotopic (exact) mass is 228 g/mol. The molecule has 0 aliphatic heterocycles. The summed E-state index contributed by atoms with van der Waals surface area (Å²) in [6.45, 7) is 4.01. The fraction of sp³-hybridized carbons (Fsp3) is 0.500. The minimum atomic E-state index is -2.35. The second kappa shape index (κ2) is 5.92. The molecule has 4 heteroatoms. The molecule has 0 bridgehead atoms. The lowest BCUT2D eigenvalue weighted by molar-refractivity contribution is 0.141. The minimum absolute atomic E-state index is 0.201. The highest BCUT2D eigenvalue weighted by Gasteiger charge is 2.12. The minimum Gasteiger partial charge on any atom is -0.329 e. The molecule has 1 atom stereocenters. The van der Waals surface area contributed by atoms with Crippen molar-refractivity contribution in [1.82, 2.24) is 5.32 Å². The van der Waals surface area contributed by atoms with Crippen LogP contribution in [0.1, 0.15) is 22.7 Å². The molecule has 3 N–H and O–H groups in total. The zero-order chi connectivity index (χ0) is 12.1. The van der Waals surface area contributed by atoms with E-state index >= 15 is 0 Å². The summed E-state index contributed by atoms with van der Waals surface area (Å²) in [5.74, 6) is 0. The van der Waals surface area contributed by atoms with Gasteiger partial charge in [0.25, 0.3) is 6.43 Å². The van der Waals surface area contributed by atoms with Gasteiger partial charge in [0.15, 0.2) is 0 Å². The third kappa shape index (κ3) is 3.54. The molecule has 1 unspecified atom stereocenters. The van der Waals surface area contributed by atoms with Gasteiger partial charge in [-0.3, -0.25) is 0 Å². The van der Waals surface area contributed by atoms with Crippen molar-refractivity contribution in [2.75, 3.05) is 13.1 Å². The maximum Gasteiger partial charge on any atom is 0.250 e. The van der Waals surface area contributed by atoms with E-state index in [-0.39, 0.29) is 12.6 Å². The summed E-state index contributed by atoms with van der Waals surface area (Å²) in [4.78, 5) is 0. The van der Waals surface area contributed by atoms with Crippen LogP contribution in [0.2, 0.25) is 0 Å². The third-order valence-electron chi connectivity index (χ3n) is 2.69. The van der Waals surface area contributed by atoms with Crippen molar-refractivity contribution in [3.8, 4) is 0 Å². The Kier molecular flexibility index (Phi) is 4.83. The number of alkyl halides is 2. The summed E-state index contributed by atoms with van der Waals surface area (Å²) in [6.07, 6.45) is -2.35. The van der Waals surface area contributed by atoms with Crippen LogP contribution in [-0.2, 0) is 0 Å². The topological polar surface area (TPSA) is 38.0 Å². The Bertz CT molecular complexity index is 340. The van der Waals surface area contributed by atoms with Gasteiger partial charge in [0.2, 0.25) is 0 Å². The zero-order valence-corrected chi connectivity index (χ0v) is 9.63. The largest absolute Gasteiger partial charge is 0.329 e. The van der Waals surface area contributed by atoms with Crippen LogP contribution in [-0.4, -0.2) is 19.5 Å². The average molecular weight is 228 g/mol. The van der Waals surface area contributed by atoms with Gasteiger partial charge in [0.1, 0.15) is 0 Å². The first kappa shape index (κ1) is 13.1. The highest BCUT2D eigenvalue weighted by Crippen LogP contribution is 2.16. The Hall–Kier alpha value is -1.00. The molecule has 0 aliphatic carbocycles. The van der Waals surface area contributed by atoms with Crippen molar-refractivity contribution >= 4 is 0 Å². The van der Waals surface area contributed by atoms with Gasteiger partial charge in [-0.05, 0) is 30.5 Å². The van der Waals surface area contributed by atoms with Gasteiger partial charge in [0, 0.05) is 12.6 Å². The molecule has 0 spiro atoms. The Morgan fingerprint density at radius 1 is 1.25 bits per heavy atom. The van der Waals surface area contributed by atoms with Gasteiger partial charge >= 0.3 is 0 Å². The predicted octanol–water partition coefficient (Wildman–Crippen LogP) is 2.16. The lowest BCUT2D eigenvalue weighted by atomic mass is 10.0. The molecule has 16 heavy (non-hydrogen) atoms. The first-order chi connectivity index (χ1) is 7.54. The van der Waals surface area contributed by atoms with Crippen LogP contribution in [0.25, 0.3) is 0 Å². The molecule has 0 aromatic heterocycles. The maximum absolute atomic E-state index is 12.1. The van der Waals surface area contributed by atoms with E-state index in [0.717, 1.165) is 11.1 Å². The molecule has 1 aromatic carbocycles. The van der Waals surface area contributed by atoms with Crippen LogP contribution in [0.5, 0.6) is 0 Å². The first-order valence-electron chi connectivity index (χ1n) is 5.33. The summed E-state index contributed by atoms with van der Waals surface area (Å²) in [7, 11) is 0. The number of nitrogens with two attached hydrogens (primary N) is 1. The van der Waals surface area contributed by atoms with Crippen LogP contribution in [0.15, 0.2) is 18.2 Å². The molecule has 90 valence electrons. The lowest BCUT2D eigenvalue weighted by Crippen LogP contribution is -2.31. The molecule has 1 rings (SSSR count). The van der Waals surface area contributed by atoms with Crippen LogP contribution < -0.4 is 11.1 Å². The fourth-order valence-electron chi connectivity index (χ4n) is 1.55. The smallest absolute Gasteiger partial charge is 0.250 e. The quantitative estimate of drug-likeness (QED) is 0.810. The second-order valence-electron chi connectivity index (χ2n) is 3.93. The molecular formula is C12H18F2N2. The van der Waals surface area contributed by atoms with Gasteiger partial charge in [0.05, 0.1) is 6.54 Å². The van der Waals surface area contributed by atoms with Crippen molar-refractivity contribution in [3.63, 3.8) is 0 Å². The van der Waals surface area contributed by atoms with Crippen LogP contribution in [0.3, 0.4) is 0 Å². The van der Waals surface area contributed by atoms with Gasteiger partial charge in [-0.15, -0.1) is 0 Å². The molecule has 0 heterocycles. The van der Waals surface area contributed by atoms with Crippen molar-refractivity contribution < 1.29 is 8.78 Å². The maximum atomic E-state index is 12.1. The van der Waals surface area contributed by atoms with E-state index in [1.165, 1.54) is 5.56 Å². The highest BCUT2D eigenvalue weighted by atomic mass is 19.3. The third-order valence-corrected chi connectivity index (χ3v) is 2.69. The first-order valence-corrected chi connectivity index (χ1v) is 5.33. The number of nitrogens with one attached hydrogen (secondary N) is 1. The molecule has 1 aromatic rings. The Morgan fingerprint density at radius 2 is 1.94 bits per heavy atom. The van der Waals surface area contributed by atoms with E-state index in [2.05, 4.69) is 5.32 Å². The summed E-state index contributed by atoms with van der Waals surface area (Å²) >= 11 is 0. The van der Waals surface area contributed by atoms with Crippen LogP contribution >= 0.6 is 0 Å². The highest BCUT2D eigenvalue weighted by molar-refractivity contribution is 5.31.